The summed E-state index contributed by atoms with van der Waals surface area (Å²) in [4.78, 5) is 10.7. The van der Waals surface area contributed by atoms with Crippen molar-refractivity contribution in [1.82, 2.24) is 4.31 Å². The first-order chi connectivity index (χ1) is 9.78. The van der Waals surface area contributed by atoms with Crippen LogP contribution in [-0.2, 0) is 21.2 Å². The molecule has 0 unspecified atom stereocenters. The number of carboxylic acid groups (broad SMARTS) is 1. The Hall–Kier alpha value is -1.91. The molecule has 0 aliphatic rings. The summed E-state index contributed by atoms with van der Waals surface area (Å²) >= 11 is 0. The maximum Gasteiger partial charge on any atom is 0.307 e. The first-order valence-corrected chi connectivity index (χ1v) is 7.92. The Kier molecular flexibility index (Phi) is 5.88. The molecule has 21 heavy (non-hydrogen) atoms. The van der Waals surface area contributed by atoms with Gasteiger partial charge >= 0.3 is 5.97 Å². The molecule has 0 saturated heterocycles. The summed E-state index contributed by atoms with van der Waals surface area (Å²) < 4.78 is 26.3. The normalized spacial score (nSPS) is 11.6. The van der Waals surface area contributed by atoms with Gasteiger partial charge in [0.2, 0.25) is 10.0 Å². The summed E-state index contributed by atoms with van der Waals surface area (Å²) in [6.07, 6.45) is -0.0306. The fraction of sp³-hybridized carbons (Fsp3) is 0.429. The van der Waals surface area contributed by atoms with E-state index in [-0.39, 0.29) is 30.3 Å². The average Bonchev–Trinajstić information content (AvgIpc) is 2.38. The minimum Gasteiger partial charge on any atom is -0.481 e. The second kappa shape index (κ2) is 7.20. The Morgan fingerprint density at radius 2 is 1.90 bits per heavy atom. The fourth-order valence-electron chi connectivity index (χ4n) is 1.91. The first-order valence-electron chi connectivity index (χ1n) is 6.48. The molecule has 0 saturated carbocycles. The highest BCUT2D eigenvalue weighted by Crippen LogP contribution is 2.19. The third-order valence-corrected chi connectivity index (χ3v) is 4.99. The number of hydrogen-bond acceptors (Lipinski definition) is 4. The third-order valence-electron chi connectivity index (χ3n) is 2.91. The van der Waals surface area contributed by atoms with Crippen molar-refractivity contribution in [2.24, 2.45) is 0 Å². The van der Waals surface area contributed by atoms with Gasteiger partial charge in [-0.2, -0.15) is 9.57 Å². The summed E-state index contributed by atoms with van der Waals surface area (Å²) in [6.45, 7) is 3.62. The number of carboxylic acids is 1. The van der Waals surface area contributed by atoms with Gasteiger partial charge in [0.15, 0.2) is 0 Å². The number of hydrogen-bond donors (Lipinski definition) is 1. The summed E-state index contributed by atoms with van der Waals surface area (Å²) in [5.41, 5.74) is 0.537. The molecule has 1 N–H and O–H groups in total. The van der Waals surface area contributed by atoms with Crippen molar-refractivity contribution in [3.05, 3.63) is 29.8 Å². The van der Waals surface area contributed by atoms with Crippen molar-refractivity contribution in [2.45, 2.75) is 37.6 Å². The van der Waals surface area contributed by atoms with Crippen LogP contribution in [0.25, 0.3) is 0 Å². The third kappa shape index (κ3) is 4.55. The number of sulfonamides is 1. The van der Waals surface area contributed by atoms with Gasteiger partial charge in [0.25, 0.3) is 0 Å². The van der Waals surface area contributed by atoms with Crippen molar-refractivity contribution < 1.29 is 18.3 Å². The van der Waals surface area contributed by atoms with E-state index >= 15 is 0 Å². The van der Waals surface area contributed by atoms with Crippen LogP contribution >= 0.6 is 0 Å². The Bertz CT molecular complexity index is 630. The molecule has 0 bridgehead atoms. The van der Waals surface area contributed by atoms with Gasteiger partial charge in [-0.25, -0.2) is 8.42 Å². The molecule has 1 aromatic carbocycles. The summed E-state index contributed by atoms with van der Waals surface area (Å²) in [7, 11) is -3.68. The van der Waals surface area contributed by atoms with Gasteiger partial charge in [-0.15, -0.1) is 0 Å². The second-order valence-electron chi connectivity index (χ2n) is 4.83. The quantitative estimate of drug-likeness (QED) is 0.825. The lowest BCUT2D eigenvalue weighted by molar-refractivity contribution is -0.136. The number of aliphatic carboxylic acids is 1. The van der Waals surface area contributed by atoms with Gasteiger partial charge in [-0.1, -0.05) is 12.1 Å². The predicted molar refractivity (Wildman–Crippen MR) is 77.0 cm³/mol. The zero-order valence-corrected chi connectivity index (χ0v) is 12.8. The van der Waals surface area contributed by atoms with Gasteiger partial charge in [0.1, 0.15) is 0 Å². The highest BCUT2D eigenvalue weighted by Gasteiger charge is 2.26. The number of carbonyl (C=O) groups is 1. The SMILES string of the molecule is CC(C)N(CCC#N)S(=O)(=O)c1ccc(CC(=O)O)cc1. The topological polar surface area (TPSA) is 98.5 Å². The van der Waals surface area contributed by atoms with E-state index in [1.165, 1.54) is 28.6 Å². The molecule has 0 heterocycles. The number of nitrogens with zero attached hydrogens (tertiary/aromatic N) is 2. The maximum absolute atomic E-state index is 12.5. The smallest absolute Gasteiger partial charge is 0.307 e. The van der Waals surface area contributed by atoms with Crippen LogP contribution < -0.4 is 0 Å². The molecule has 7 heteroatoms. The fourth-order valence-corrected chi connectivity index (χ4v) is 3.54. The van der Waals surface area contributed by atoms with Crippen molar-refractivity contribution >= 4 is 16.0 Å². The van der Waals surface area contributed by atoms with Crippen LogP contribution in [0.3, 0.4) is 0 Å². The largest absolute Gasteiger partial charge is 0.481 e. The van der Waals surface area contributed by atoms with E-state index in [1.54, 1.807) is 13.8 Å². The van der Waals surface area contributed by atoms with Gasteiger partial charge in [0.05, 0.1) is 17.4 Å². The molecule has 0 atom stereocenters. The minimum absolute atomic E-state index is 0.100. The van der Waals surface area contributed by atoms with Gasteiger partial charge in [0, 0.05) is 19.0 Å². The summed E-state index contributed by atoms with van der Waals surface area (Å²) in [5, 5.41) is 17.3. The lowest BCUT2D eigenvalue weighted by Gasteiger charge is -2.25. The molecule has 6 nitrogen and oxygen atoms in total. The molecule has 0 amide bonds. The zero-order valence-electron chi connectivity index (χ0n) is 12.0. The predicted octanol–water partition coefficient (Wildman–Crippen LogP) is 1.63. The van der Waals surface area contributed by atoms with E-state index in [0.29, 0.717) is 5.56 Å². The van der Waals surface area contributed by atoms with Crippen LogP contribution in [0.1, 0.15) is 25.8 Å². The molecule has 0 radical (unpaired) electrons. The van der Waals surface area contributed by atoms with Crippen molar-refractivity contribution in [3.8, 4) is 6.07 Å². The molecule has 1 aromatic rings. The van der Waals surface area contributed by atoms with Crippen molar-refractivity contribution in [3.63, 3.8) is 0 Å². The highest BCUT2D eigenvalue weighted by atomic mass is 32.2. The van der Waals surface area contributed by atoms with Gasteiger partial charge in [-0.3, -0.25) is 4.79 Å². The highest BCUT2D eigenvalue weighted by molar-refractivity contribution is 7.89. The average molecular weight is 310 g/mol. The van der Waals surface area contributed by atoms with Crippen LogP contribution in [0.15, 0.2) is 29.2 Å². The molecule has 0 spiro atoms. The number of nitriles is 1. The van der Waals surface area contributed by atoms with Crippen LogP contribution in [0.2, 0.25) is 0 Å². The molecule has 114 valence electrons. The molecule has 0 aliphatic heterocycles. The standard InChI is InChI=1S/C14H18N2O4S/c1-11(2)16(9-3-8-15)21(19,20)13-6-4-12(5-7-13)10-14(17)18/h4-7,11H,3,9-10H2,1-2H3,(H,17,18). The second-order valence-corrected chi connectivity index (χ2v) is 6.72. The Balaban J connectivity index is 3.05. The Morgan fingerprint density at radius 3 is 2.33 bits per heavy atom. The molecule has 0 aromatic heterocycles. The van der Waals surface area contributed by atoms with E-state index in [4.69, 9.17) is 10.4 Å². The molecular weight excluding hydrogens is 292 g/mol. The Labute approximate surface area is 124 Å². The lowest BCUT2D eigenvalue weighted by Crippen LogP contribution is -2.37. The van der Waals surface area contributed by atoms with Gasteiger partial charge in [-0.05, 0) is 31.5 Å². The van der Waals surface area contributed by atoms with Crippen molar-refractivity contribution in [1.29, 1.82) is 5.26 Å². The first kappa shape index (κ1) is 17.1. The monoisotopic (exact) mass is 310 g/mol. The van der Waals surface area contributed by atoms with Crippen LogP contribution in [-0.4, -0.2) is 36.4 Å². The van der Waals surface area contributed by atoms with Crippen LogP contribution in [0, 0.1) is 11.3 Å². The van der Waals surface area contributed by atoms with E-state index in [9.17, 15) is 13.2 Å². The maximum atomic E-state index is 12.5. The summed E-state index contributed by atoms with van der Waals surface area (Å²) in [5.74, 6) is -0.969. The molecule has 0 aliphatic carbocycles. The molecular formula is C14H18N2O4S. The van der Waals surface area contributed by atoms with Crippen LogP contribution in [0.4, 0.5) is 0 Å². The van der Waals surface area contributed by atoms with Crippen LogP contribution in [0.5, 0.6) is 0 Å². The van der Waals surface area contributed by atoms with E-state index in [2.05, 4.69) is 0 Å². The summed E-state index contributed by atoms with van der Waals surface area (Å²) in [6, 6.07) is 7.45. The minimum atomic E-state index is -3.68. The Morgan fingerprint density at radius 1 is 1.33 bits per heavy atom. The molecule has 1 rings (SSSR count). The van der Waals surface area contributed by atoms with E-state index in [1.807, 2.05) is 6.07 Å². The van der Waals surface area contributed by atoms with E-state index in [0.717, 1.165) is 0 Å². The molecule has 0 fully saturated rings. The van der Waals surface area contributed by atoms with E-state index < -0.39 is 16.0 Å². The van der Waals surface area contributed by atoms with Gasteiger partial charge < -0.3 is 5.11 Å². The lowest BCUT2D eigenvalue weighted by atomic mass is 10.2. The number of benzene rings is 1. The number of rotatable bonds is 7. The van der Waals surface area contributed by atoms with Crippen molar-refractivity contribution in [2.75, 3.05) is 6.54 Å². The zero-order chi connectivity index (χ0) is 16.0.